The van der Waals surface area contributed by atoms with E-state index in [1.807, 2.05) is 30.4 Å². The summed E-state index contributed by atoms with van der Waals surface area (Å²) in [5.74, 6) is 0.0860. The van der Waals surface area contributed by atoms with Crippen molar-refractivity contribution in [1.82, 2.24) is 10.3 Å². The molecule has 0 radical (unpaired) electrons. The Morgan fingerprint density at radius 3 is 3.12 bits per heavy atom. The fourth-order valence-electron chi connectivity index (χ4n) is 1.89. The molecule has 2 heterocycles. The van der Waals surface area contributed by atoms with Crippen molar-refractivity contribution in [1.29, 1.82) is 0 Å². The van der Waals surface area contributed by atoms with Crippen LogP contribution in [0.5, 0.6) is 0 Å². The van der Waals surface area contributed by atoms with E-state index in [9.17, 15) is 4.79 Å². The van der Waals surface area contributed by atoms with Gasteiger partial charge in [-0.2, -0.15) is 4.99 Å². The number of hydrogen-bond acceptors (Lipinski definition) is 2. The molecule has 1 atom stereocenters. The van der Waals surface area contributed by atoms with E-state index in [-0.39, 0.29) is 11.9 Å². The van der Waals surface area contributed by atoms with E-state index < -0.39 is 0 Å². The molecular weight excluding hydrogens is 238 g/mol. The minimum Gasteiger partial charge on any atom is -0.304 e. The van der Waals surface area contributed by atoms with Crippen LogP contribution in [-0.4, -0.2) is 16.7 Å². The average Bonchev–Trinajstić information content (AvgIpc) is 2.68. The first-order chi connectivity index (χ1) is 8.22. The molecule has 1 aromatic rings. The van der Waals surface area contributed by atoms with Gasteiger partial charge in [-0.1, -0.05) is 17.7 Å². The molecule has 1 N–H and O–H groups in total. The van der Waals surface area contributed by atoms with Crippen LogP contribution in [0.3, 0.4) is 0 Å². The van der Waals surface area contributed by atoms with Crippen molar-refractivity contribution in [2.75, 3.05) is 0 Å². The molecule has 5 heteroatoms. The number of carbonyl (C=O) groups excluding carboxylic acids is 1. The summed E-state index contributed by atoms with van der Waals surface area (Å²) >= 11 is 5.85. The van der Waals surface area contributed by atoms with Crippen LogP contribution in [0.1, 0.15) is 11.5 Å². The Morgan fingerprint density at radius 2 is 2.29 bits per heavy atom. The van der Waals surface area contributed by atoms with Crippen LogP contribution in [0.2, 0.25) is 5.15 Å². The second-order valence-corrected chi connectivity index (χ2v) is 4.19. The maximum atomic E-state index is 11.1. The van der Waals surface area contributed by atoms with Crippen molar-refractivity contribution in [2.45, 2.75) is 5.92 Å². The number of aromatic nitrogens is 1. The van der Waals surface area contributed by atoms with Gasteiger partial charge in [0.05, 0.1) is 11.4 Å². The van der Waals surface area contributed by atoms with Crippen LogP contribution >= 0.6 is 11.6 Å². The van der Waals surface area contributed by atoms with Crippen LogP contribution < -0.4 is 5.32 Å². The molecule has 0 saturated heterocycles. The van der Waals surface area contributed by atoms with Gasteiger partial charge in [-0.3, -0.25) is 0 Å². The summed E-state index contributed by atoms with van der Waals surface area (Å²) in [6, 6.07) is 3.40. The molecule has 0 fully saturated rings. The lowest BCUT2D eigenvalue weighted by Gasteiger charge is -2.14. The summed E-state index contributed by atoms with van der Waals surface area (Å²) in [4.78, 5) is 18.9. The topological polar surface area (TPSA) is 54.4 Å². The lowest BCUT2D eigenvalue weighted by atomic mass is 9.93. The van der Waals surface area contributed by atoms with E-state index in [2.05, 4.69) is 15.3 Å². The van der Waals surface area contributed by atoms with Crippen LogP contribution in [-0.2, 0) is 0 Å². The minimum absolute atomic E-state index is 0.0860. The van der Waals surface area contributed by atoms with Gasteiger partial charge in [-0.25, -0.2) is 9.78 Å². The van der Waals surface area contributed by atoms with Gasteiger partial charge in [0.1, 0.15) is 5.15 Å². The summed E-state index contributed by atoms with van der Waals surface area (Å²) in [5, 5.41) is 3.15. The molecule has 3 rings (SSSR count). The van der Waals surface area contributed by atoms with Crippen molar-refractivity contribution in [3.63, 3.8) is 0 Å². The highest BCUT2D eigenvalue weighted by atomic mass is 35.5. The van der Waals surface area contributed by atoms with Crippen LogP contribution in [0, 0.1) is 0 Å². The fraction of sp³-hybridized carbons (Fsp3) is 0.0833. The Labute approximate surface area is 103 Å². The van der Waals surface area contributed by atoms with Gasteiger partial charge in [0.25, 0.3) is 0 Å². The molecule has 1 unspecified atom stereocenters. The molecular formula is C12H8ClN3O. The molecule has 1 aromatic heterocycles. The minimum atomic E-state index is -0.315. The third-order valence-corrected chi connectivity index (χ3v) is 2.89. The van der Waals surface area contributed by atoms with E-state index in [0.29, 0.717) is 10.9 Å². The van der Waals surface area contributed by atoms with Crippen molar-refractivity contribution >= 4 is 23.3 Å². The fourth-order valence-corrected chi connectivity index (χ4v) is 2.08. The standard InChI is InChI=1S/C12H8ClN3O/c13-11-6-8(3-4-14-11)7-1-2-9-10(5-7)16-12(17)15-9/h1-7H,(H,16,17). The third kappa shape index (κ3) is 1.87. The second-order valence-electron chi connectivity index (χ2n) is 3.80. The highest BCUT2D eigenvalue weighted by Gasteiger charge is 2.22. The maximum absolute atomic E-state index is 11.1. The summed E-state index contributed by atoms with van der Waals surface area (Å²) < 4.78 is 0. The third-order valence-electron chi connectivity index (χ3n) is 2.68. The van der Waals surface area contributed by atoms with Crippen molar-refractivity contribution in [3.8, 4) is 0 Å². The zero-order chi connectivity index (χ0) is 11.8. The smallest absolute Gasteiger partial charge is 0.304 e. The van der Waals surface area contributed by atoms with Gasteiger partial charge in [0, 0.05) is 12.1 Å². The van der Waals surface area contributed by atoms with Gasteiger partial charge in [0.15, 0.2) is 0 Å². The Balaban J connectivity index is 1.96. The number of halogens is 1. The summed E-state index contributed by atoms with van der Waals surface area (Å²) in [5.41, 5.74) is 2.48. The van der Waals surface area contributed by atoms with Gasteiger partial charge in [-0.15, -0.1) is 0 Å². The lowest BCUT2D eigenvalue weighted by Crippen LogP contribution is -2.16. The molecule has 0 aromatic carbocycles. The normalized spacial score (nSPS) is 21.7. The van der Waals surface area contributed by atoms with Crippen molar-refractivity contribution in [3.05, 3.63) is 53.0 Å². The van der Waals surface area contributed by atoms with E-state index in [1.165, 1.54) is 0 Å². The highest BCUT2D eigenvalue weighted by molar-refractivity contribution is 6.29. The Kier molecular flexibility index (Phi) is 2.30. The van der Waals surface area contributed by atoms with Gasteiger partial charge in [-0.05, 0) is 29.8 Å². The number of allylic oxidation sites excluding steroid dienone is 3. The number of carbonyl (C=O) groups is 1. The number of aliphatic imine (C=N–C) groups is 1. The number of pyridine rings is 1. The van der Waals surface area contributed by atoms with Crippen molar-refractivity contribution in [2.24, 2.45) is 4.99 Å². The molecule has 1 aliphatic heterocycles. The molecule has 17 heavy (non-hydrogen) atoms. The average molecular weight is 246 g/mol. The molecule has 2 aliphatic rings. The van der Waals surface area contributed by atoms with Gasteiger partial charge < -0.3 is 5.32 Å². The maximum Gasteiger partial charge on any atom is 0.346 e. The Bertz CT molecular complexity index is 589. The largest absolute Gasteiger partial charge is 0.346 e. The molecule has 2 amide bonds. The zero-order valence-corrected chi connectivity index (χ0v) is 9.48. The van der Waals surface area contributed by atoms with E-state index in [4.69, 9.17) is 11.6 Å². The molecule has 0 bridgehead atoms. The second kappa shape index (κ2) is 3.82. The van der Waals surface area contributed by atoms with Gasteiger partial charge >= 0.3 is 6.03 Å². The summed E-state index contributed by atoms with van der Waals surface area (Å²) in [7, 11) is 0. The highest BCUT2D eigenvalue weighted by Crippen LogP contribution is 2.26. The first-order valence-electron chi connectivity index (χ1n) is 5.14. The summed E-state index contributed by atoms with van der Waals surface area (Å²) in [6.45, 7) is 0. The Morgan fingerprint density at radius 1 is 1.41 bits per heavy atom. The molecule has 4 nitrogen and oxygen atoms in total. The first kappa shape index (κ1) is 10.2. The number of nitrogens with zero attached hydrogens (tertiary/aromatic N) is 2. The Hall–Kier alpha value is -1.94. The predicted octanol–water partition coefficient (Wildman–Crippen LogP) is 2.44. The first-order valence-corrected chi connectivity index (χ1v) is 5.52. The number of fused-ring (bicyclic) bond motifs is 1. The quantitative estimate of drug-likeness (QED) is 0.773. The van der Waals surface area contributed by atoms with Crippen LogP contribution in [0.4, 0.5) is 4.79 Å². The van der Waals surface area contributed by atoms with Crippen molar-refractivity contribution < 1.29 is 4.79 Å². The number of rotatable bonds is 1. The van der Waals surface area contributed by atoms with Crippen LogP contribution in [0.25, 0.3) is 0 Å². The number of amides is 2. The molecule has 0 spiro atoms. The number of urea groups is 1. The number of nitrogens with one attached hydrogen (secondary N) is 1. The predicted molar refractivity (Wildman–Crippen MR) is 65.2 cm³/mol. The van der Waals surface area contributed by atoms with E-state index in [0.717, 1.165) is 11.3 Å². The van der Waals surface area contributed by atoms with E-state index in [1.54, 1.807) is 6.20 Å². The molecule has 84 valence electrons. The number of hydrogen-bond donors (Lipinski definition) is 1. The van der Waals surface area contributed by atoms with Crippen LogP contribution in [0.15, 0.2) is 47.2 Å². The molecule has 1 aliphatic carbocycles. The monoisotopic (exact) mass is 245 g/mol. The summed E-state index contributed by atoms with van der Waals surface area (Å²) in [6.07, 6.45) is 7.44. The lowest BCUT2D eigenvalue weighted by molar-refractivity contribution is 0.253. The SMILES string of the molecule is O=C1N=C2C=CC(c3ccnc(Cl)c3)C=C2N1. The van der Waals surface area contributed by atoms with Gasteiger partial charge in [0.2, 0.25) is 0 Å². The van der Waals surface area contributed by atoms with E-state index >= 15 is 0 Å². The molecule has 0 saturated carbocycles. The zero-order valence-electron chi connectivity index (χ0n) is 8.72.